The van der Waals surface area contributed by atoms with E-state index in [4.69, 9.17) is 4.74 Å². The molecule has 1 fully saturated rings. The van der Waals surface area contributed by atoms with Gasteiger partial charge in [0.15, 0.2) is 5.69 Å². The minimum absolute atomic E-state index is 0.254. The first-order chi connectivity index (χ1) is 8.29. The van der Waals surface area contributed by atoms with Gasteiger partial charge in [-0.2, -0.15) is 5.48 Å². The maximum Gasteiger partial charge on any atom is 0.375 e. The van der Waals surface area contributed by atoms with Gasteiger partial charge in [-0.15, -0.1) is 0 Å². The Labute approximate surface area is 99.3 Å². The van der Waals surface area contributed by atoms with Gasteiger partial charge in [-0.1, -0.05) is 6.07 Å². The first kappa shape index (κ1) is 11.8. The smallest absolute Gasteiger partial charge is 0.375 e. The molecule has 2 N–H and O–H groups in total. The van der Waals surface area contributed by atoms with Gasteiger partial charge in [-0.05, 0) is 18.6 Å². The molecule has 92 valence electrons. The molecule has 0 radical (unpaired) electrons. The number of carbonyl (C=O) groups excluding carboxylic acids is 1. The molecule has 0 aliphatic carbocycles. The summed E-state index contributed by atoms with van der Waals surface area (Å²) in [6.07, 6.45) is 1.32. The number of hydroxylamine groups is 1. The van der Waals surface area contributed by atoms with E-state index in [1.165, 1.54) is 7.05 Å². The summed E-state index contributed by atoms with van der Waals surface area (Å²) in [6.45, 7) is 1.53. The molecule has 17 heavy (non-hydrogen) atoms. The second-order valence-corrected chi connectivity index (χ2v) is 3.66. The number of ether oxygens (including phenoxy) is 1. The van der Waals surface area contributed by atoms with E-state index in [2.05, 4.69) is 20.6 Å². The number of pyridine rings is 1. The Hall–Kier alpha value is -1.66. The van der Waals surface area contributed by atoms with E-state index in [1.807, 2.05) is 0 Å². The average molecular weight is 237 g/mol. The molecule has 2 rings (SSSR count). The molecule has 6 nitrogen and oxygen atoms in total. The van der Waals surface area contributed by atoms with Gasteiger partial charge in [0.05, 0.1) is 6.10 Å². The lowest BCUT2D eigenvalue weighted by Gasteiger charge is -2.26. The molecule has 1 aliphatic rings. The lowest BCUT2D eigenvalue weighted by atomic mass is 10.2. The number of anilines is 1. The largest absolute Gasteiger partial charge is 0.376 e. The van der Waals surface area contributed by atoms with Crippen LogP contribution in [-0.2, 0) is 9.57 Å². The summed E-state index contributed by atoms with van der Waals surface area (Å²) in [6, 6.07) is 5.16. The van der Waals surface area contributed by atoms with Crippen LogP contribution >= 0.6 is 0 Å². The summed E-state index contributed by atoms with van der Waals surface area (Å²) >= 11 is 0. The molecule has 0 unspecified atom stereocenters. The van der Waals surface area contributed by atoms with Gasteiger partial charge in [-0.3, -0.25) is 0 Å². The maximum atomic E-state index is 11.4. The Morgan fingerprint density at radius 2 is 2.47 bits per heavy atom. The monoisotopic (exact) mass is 237 g/mol. The predicted molar refractivity (Wildman–Crippen MR) is 61.6 cm³/mol. The fraction of sp³-hybridized carbons (Fsp3) is 0.455. The molecule has 0 spiro atoms. The van der Waals surface area contributed by atoms with Crippen LogP contribution in [0, 0.1) is 0 Å². The van der Waals surface area contributed by atoms with Crippen LogP contribution in [0.3, 0.4) is 0 Å². The lowest BCUT2D eigenvalue weighted by molar-refractivity contribution is -0.0410. The van der Waals surface area contributed by atoms with Crippen LogP contribution in [-0.4, -0.2) is 37.3 Å². The van der Waals surface area contributed by atoms with E-state index in [0.29, 0.717) is 12.4 Å². The third kappa shape index (κ3) is 3.15. The summed E-state index contributed by atoms with van der Waals surface area (Å²) in [5.74, 6) is 0.141. The predicted octanol–water partition coefficient (Wildman–Crippen LogP) is 0.574. The lowest BCUT2D eigenvalue weighted by Crippen LogP contribution is -2.33. The van der Waals surface area contributed by atoms with Crippen molar-refractivity contribution < 1.29 is 14.4 Å². The van der Waals surface area contributed by atoms with E-state index in [1.54, 1.807) is 18.2 Å². The number of nitrogens with zero attached hydrogens (tertiary/aromatic N) is 1. The van der Waals surface area contributed by atoms with E-state index >= 15 is 0 Å². The number of carbonyl (C=O) groups is 1. The molecule has 1 aromatic rings. The third-order valence-corrected chi connectivity index (χ3v) is 2.46. The van der Waals surface area contributed by atoms with Crippen LogP contribution < -0.4 is 10.8 Å². The van der Waals surface area contributed by atoms with Crippen molar-refractivity contribution in [3.63, 3.8) is 0 Å². The van der Waals surface area contributed by atoms with Crippen LogP contribution in [0.1, 0.15) is 16.9 Å². The van der Waals surface area contributed by atoms with Crippen LogP contribution in [0.4, 0.5) is 5.82 Å². The zero-order chi connectivity index (χ0) is 12.1. The normalized spacial score (nSPS) is 18.3. The number of rotatable bonds is 5. The maximum absolute atomic E-state index is 11.4. The molecule has 0 aromatic carbocycles. The number of aromatic nitrogens is 1. The van der Waals surface area contributed by atoms with Gasteiger partial charge >= 0.3 is 5.97 Å². The highest BCUT2D eigenvalue weighted by Crippen LogP contribution is 2.12. The molecule has 2 heterocycles. The fourth-order valence-electron chi connectivity index (χ4n) is 1.46. The number of nitrogens with one attached hydrogen (secondary N) is 2. The molecular formula is C11H15N3O3. The Balaban J connectivity index is 1.92. The molecule has 0 amide bonds. The summed E-state index contributed by atoms with van der Waals surface area (Å²) in [4.78, 5) is 20.2. The topological polar surface area (TPSA) is 72.5 Å². The summed E-state index contributed by atoms with van der Waals surface area (Å²) < 4.78 is 5.28. The zero-order valence-corrected chi connectivity index (χ0v) is 9.60. The van der Waals surface area contributed by atoms with Gasteiger partial charge in [0.2, 0.25) is 0 Å². The SMILES string of the molecule is CNOC(=O)c1cccc(NC[C@@H]2CCO2)n1. The third-order valence-electron chi connectivity index (χ3n) is 2.46. The molecule has 0 saturated carbocycles. The van der Waals surface area contributed by atoms with Crippen LogP contribution in [0.25, 0.3) is 0 Å². The summed E-state index contributed by atoms with van der Waals surface area (Å²) in [5, 5.41) is 3.12. The minimum atomic E-state index is -0.504. The highest BCUT2D eigenvalue weighted by molar-refractivity contribution is 5.87. The van der Waals surface area contributed by atoms with Gasteiger partial charge in [0, 0.05) is 20.2 Å². The zero-order valence-electron chi connectivity index (χ0n) is 9.60. The van der Waals surface area contributed by atoms with Crippen molar-refractivity contribution in [2.24, 2.45) is 0 Å². The summed E-state index contributed by atoms with van der Waals surface area (Å²) in [7, 11) is 1.52. The Bertz CT molecular complexity index is 393. The van der Waals surface area contributed by atoms with E-state index < -0.39 is 5.97 Å². The Morgan fingerprint density at radius 3 is 3.12 bits per heavy atom. The summed E-state index contributed by atoms with van der Waals surface area (Å²) in [5.41, 5.74) is 2.59. The van der Waals surface area contributed by atoms with Crippen molar-refractivity contribution in [3.8, 4) is 0 Å². The average Bonchev–Trinajstić information content (AvgIpc) is 2.28. The van der Waals surface area contributed by atoms with Gasteiger partial charge in [0.25, 0.3) is 0 Å². The first-order valence-electron chi connectivity index (χ1n) is 5.50. The first-order valence-corrected chi connectivity index (χ1v) is 5.50. The van der Waals surface area contributed by atoms with Gasteiger partial charge in [-0.25, -0.2) is 9.78 Å². The molecule has 0 bridgehead atoms. The molecule has 1 atom stereocenters. The van der Waals surface area contributed by atoms with Crippen molar-refractivity contribution in [2.75, 3.05) is 25.5 Å². The molecule has 1 aliphatic heterocycles. The van der Waals surface area contributed by atoms with E-state index in [0.717, 1.165) is 13.0 Å². The fourth-order valence-corrected chi connectivity index (χ4v) is 1.46. The van der Waals surface area contributed by atoms with Crippen molar-refractivity contribution in [1.82, 2.24) is 10.5 Å². The second-order valence-electron chi connectivity index (χ2n) is 3.66. The van der Waals surface area contributed by atoms with Crippen LogP contribution in [0.15, 0.2) is 18.2 Å². The molecule has 1 aromatic heterocycles. The Morgan fingerprint density at radius 1 is 1.65 bits per heavy atom. The highest BCUT2D eigenvalue weighted by atomic mass is 16.7. The van der Waals surface area contributed by atoms with Crippen molar-refractivity contribution in [2.45, 2.75) is 12.5 Å². The molecule has 1 saturated heterocycles. The van der Waals surface area contributed by atoms with E-state index in [-0.39, 0.29) is 11.8 Å². The highest BCUT2D eigenvalue weighted by Gasteiger charge is 2.17. The standard InChI is InChI=1S/C11H15N3O3/c1-12-17-11(15)9-3-2-4-10(14-9)13-7-8-5-6-16-8/h2-4,8,12H,5-7H2,1H3,(H,13,14)/t8-/m0/s1. The quantitative estimate of drug-likeness (QED) is 0.730. The second kappa shape index (κ2) is 5.60. The van der Waals surface area contributed by atoms with Crippen molar-refractivity contribution in [1.29, 1.82) is 0 Å². The van der Waals surface area contributed by atoms with Crippen molar-refractivity contribution >= 4 is 11.8 Å². The van der Waals surface area contributed by atoms with Gasteiger partial charge < -0.3 is 14.9 Å². The minimum Gasteiger partial charge on any atom is -0.376 e. The van der Waals surface area contributed by atoms with E-state index in [9.17, 15) is 4.79 Å². The number of hydrogen-bond donors (Lipinski definition) is 2. The number of hydrogen-bond acceptors (Lipinski definition) is 6. The van der Waals surface area contributed by atoms with Crippen LogP contribution in [0.5, 0.6) is 0 Å². The van der Waals surface area contributed by atoms with Crippen LogP contribution in [0.2, 0.25) is 0 Å². The van der Waals surface area contributed by atoms with Crippen molar-refractivity contribution in [3.05, 3.63) is 23.9 Å². The molecule has 6 heteroatoms. The van der Waals surface area contributed by atoms with Gasteiger partial charge in [0.1, 0.15) is 5.82 Å². The molecular weight excluding hydrogens is 222 g/mol. The Kier molecular flexibility index (Phi) is 3.89.